The van der Waals surface area contributed by atoms with Gasteiger partial charge in [0.2, 0.25) is 5.91 Å². The monoisotopic (exact) mass is 348 g/mol. The minimum Gasteiger partial charge on any atom is -0.495 e. The Hall–Kier alpha value is -2.40. The van der Waals surface area contributed by atoms with E-state index in [9.17, 15) is 4.79 Å². The molecule has 1 N–H and O–H groups in total. The van der Waals surface area contributed by atoms with Gasteiger partial charge in [-0.15, -0.1) is 0 Å². The van der Waals surface area contributed by atoms with Gasteiger partial charge in [-0.05, 0) is 11.6 Å². The Morgan fingerprint density at radius 3 is 2.25 bits per heavy atom. The molecule has 1 atom stereocenters. The predicted molar refractivity (Wildman–Crippen MR) is 96.1 cm³/mol. The highest BCUT2D eigenvalue weighted by Gasteiger charge is 2.24. The smallest absolute Gasteiger partial charge is 0.249 e. The summed E-state index contributed by atoms with van der Waals surface area (Å²) in [6, 6.07) is 12.3. The standard InChI is InChI=1S/C18H21ClN2O3/c1-21(2)18(22)17(12-8-6-5-7-9-12)20-14-10-13(19)15(23-3)11-16(14)24-4/h5-11,17,20H,1-4H3/t17-/m1/s1. The Morgan fingerprint density at radius 2 is 1.71 bits per heavy atom. The van der Waals surface area contributed by atoms with E-state index in [0.717, 1.165) is 5.56 Å². The zero-order chi connectivity index (χ0) is 17.7. The fourth-order valence-electron chi connectivity index (χ4n) is 2.32. The highest BCUT2D eigenvalue weighted by Crippen LogP contribution is 2.37. The van der Waals surface area contributed by atoms with Crippen molar-refractivity contribution in [2.75, 3.05) is 33.6 Å². The topological polar surface area (TPSA) is 50.8 Å². The Morgan fingerprint density at radius 1 is 1.08 bits per heavy atom. The number of rotatable bonds is 6. The second-order valence-corrected chi connectivity index (χ2v) is 5.81. The fourth-order valence-corrected chi connectivity index (χ4v) is 2.56. The maximum Gasteiger partial charge on any atom is 0.249 e. The summed E-state index contributed by atoms with van der Waals surface area (Å²) in [6.07, 6.45) is 0. The van der Waals surface area contributed by atoms with Crippen molar-refractivity contribution in [2.24, 2.45) is 0 Å². The number of anilines is 1. The quantitative estimate of drug-likeness (QED) is 0.866. The van der Waals surface area contributed by atoms with Gasteiger partial charge in [0, 0.05) is 20.2 Å². The molecule has 0 fully saturated rings. The van der Waals surface area contributed by atoms with Gasteiger partial charge >= 0.3 is 0 Å². The van der Waals surface area contributed by atoms with E-state index >= 15 is 0 Å². The number of likely N-dealkylation sites (N-methyl/N-ethyl adjacent to an activating group) is 1. The van der Waals surface area contributed by atoms with E-state index in [1.165, 1.54) is 7.11 Å². The van der Waals surface area contributed by atoms with Crippen LogP contribution in [0.1, 0.15) is 11.6 Å². The number of halogens is 1. The molecule has 0 heterocycles. The van der Waals surface area contributed by atoms with E-state index in [2.05, 4.69) is 5.32 Å². The zero-order valence-electron chi connectivity index (χ0n) is 14.2. The van der Waals surface area contributed by atoms with Gasteiger partial charge < -0.3 is 19.7 Å². The maximum absolute atomic E-state index is 12.6. The molecule has 0 aliphatic carbocycles. The molecule has 0 saturated carbocycles. The van der Waals surface area contributed by atoms with E-state index < -0.39 is 6.04 Å². The van der Waals surface area contributed by atoms with Gasteiger partial charge in [0.05, 0.1) is 24.9 Å². The molecule has 0 spiro atoms. The first-order valence-corrected chi connectivity index (χ1v) is 7.80. The number of nitrogens with one attached hydrogen (secondary N) is 1. The van der Waals surface area contributed by atoms with Crippen LogP contribution in [-0.4, -0.2) is 39.1 Å². The van der Waals surface area contributed by atoms with Crippen LogP contribution in [0.25, 0.3) is 0 Å². The average molecular weight is 349 g/mol. The highest BCUT2D eigenvalue weighted by atomic mass is 35.5. The van der Waals surface area contributed by atoms with Crippen molar-refractivity contribution < 1.29 is 14.3 Å². The number of amides is 1. The number of carbonyl (C=O) groups excluding carboxylic acids is 1. The van der Waals surface area contributed by atoms with Crippen molar-refractivity contribution in [3.63, 3.8) is 0 Å². The number of hydrogen-bond donors (Lipinski definition) is 1. The molecule has 0 radical (unpaired) electrons. The van der Waals surface area contributed by atoms with Gasteiger partial charge in [-0.1, -0.05) is 41.9 Å². The number of benzene rings is 2. The Kier molecular flexibility index (Phi) is 5.93. The van der Waals surface area contributed by atoms with Crippen molar-refractivity contribution in [2.45, 2.75) is 6.04 Å². The molecule has 2 aromatic carbocycles. The van der Waals surface area contributed by atoms with E-state index in [0.29, 0.717) is 22.2 Å². The molecular weight excluding hydrogens is 328 g/mol. The van der Waals surface area contributed by atoms with E-state index in [-0.39, 0.29) is 5.91 Å². The number of carbonyl (C=O) groups is 1. The molecule has 0 unspecified atom stereocenters. The third-order valence-corrected chi connectivity index (χ3v) is 3.89. The van der Waals surface area contributed by atoms with Crippen LogP contribution in [0.5, 0.6) is 11.5 Å². The van der Waals surface area contributed by atoms with Gasteiger partial charge in [0.1, 0.15) is 17.5 Å². The molecule has 24 heavy (non-hydrogen) atoms. The third-order valence-electron chi connectivity index (χ3n) is 3.59. The minimum atomic E-state index is -0.556. The number of ether oxygens (including phenoxy) is 2. The van der Waals surface area contributed by atoms with E-state index in [1.807, 2.05) is 30.3 Å². The summed E-state index contributed by atoms with van der Waals surface area (Å²) in [4.78, 5) is 14.2. The van der Waals surface area contributed by atoms with Crippen molar-refractivity contribution in [1.82, 2.24) is 4.90 Å². The van der Waals surface area contributed by atoms with Crippen LogP contribution in [0, 0.1) is 0 Å². The van der Waals surface area contributed by atoms with Crippen LogP contribution in [0.2, 0.25) is 5.02 Å². The highest BCUT2D eigenvalue weighted by molar-refractivity contribution is 6.32. The fraction of sp³-hybridized carbons (Fsp3) is 0.278. The molecule has 0 aromatic heterocycles. The van der Waals surface area contributed by atoms with Gasteiger partial charge in [-0.25, -0.2) is 0 Å². The lowest BCUT2D eigenvalue weighted by molar-refractivity contribution is -0.129. The van der Waals surface area contributed by atoms with Crippen LogP contribution in [0.3, 0.4) is 0 Å². The first kappa shape index (κ1) is 17.9. The average Bonchev–Trinajstić information content (AvgIpc) is 2.59. The lowest BCUT2D eigenvalue weighted by atomic mass is 10.1. The summed E-state index contributed by atoms with van der Waals surface area (Å²) in [5.74, 6) is 0.980. The summed E-state index contributed by atoms with van der Waals surface area (Å²) in [5, 5.41) is 3.67. The molecule has 5 nitrogen and oxygen atoms in total. The van der Waals surface area contributed by atoms with E-state index in [4.69, 9.17) is 21.1 Å². The molecular formula is C18H21ClN2O3. The third kappa shape index (κ3) is 3.92. The van der Waals surface area contributed by atoms with Crippen molar-refractivity contribution in [3.8, 4) is 11.5 Å². The van der Waals surface area contributed by atoms with Crippen molar-refractivity contribution >= 4 is 23.2 Å². The molecule has 0 saturated heterocycles. The van der Waals surface area contributed by atoms with Crippen molar-refractivity contribution in [3.05, 3.63) is 53.1 Å². The molecule has 6 heteroatoms. The summed E-state index contributed by atoms with van der Waals surface area (Å²) >= 11 is 6.21. The van der Waals surface area contributed by atoms with Crippen LogP contribution in [-0.2, 0) is 4.79 Å². The SMILES string of the molecule is COc1cc(OC)c(N[C@@H](C(=O)N(C)C)c2ccccc2)cc1Cl. The Balaban J connectivity index is 2.43. The lowest BCUT2D eigenvalue weighted by Gasteiger charge is -2.24. The summed E-state index contributed by atoms with van der Waals surface area (Å²) < 4.78 is 10.6. The zero-order valence-corrected chi connectivity index (χ0v) is 14.9. The van der Waals surface area contributed by atoms with Crippen LogP contribution in [0.15, 0.2) is 42.5 Å². The van der Waals surface area contributed by atoms with Crippen LogP contribution >= 0.6 is 11.6 Å². The molecule has 0 aliphatic rings. The summed E-state index contributed by atoms with van der Waals surface area (Å²) in [6.45, 7) is 0. The summed E-state index contributed by atoms with van der Waals surface area (Å²) in [7, 11) is 6.53. The number of nitrogens with zero attached hydrogens (tertiary/aromatic N) is 1. The second-order valence-electron chi connectivity index (χ2n) is 5.41. The number of hydrogen-bond acceptors (Lipinski definition) is 4. The molecule has 0 bridgehead atoms. The molecule has 2 aromatic rings. The normalized spacial score (nSPS) is 11.5. The van der Waals surface area contributed by atoms with Gasteiger partial charge in [0.25, 0.3) is 0 Å². The second kappa shape index (κ2) is 7.93. The van der Waals surface area contributed by atoms with Crippen molar-refractivity contribution in [1.29, 1.82) is 0 Å². The largest absolute Gasteiger partial charge is 0.495 e. The molecule has 128 valence electrons. The van der Waals surface area contributed by atoms with Crippen LogP contribution < -0.4 is 14.8 Å². The predicted octanol–water partition coefficient (Wildman–Crippen LogP) is 3.60. The first-order chi connectivity index (χ1) is 11.5. The Bertz CT molecular complexity index is 705. The van der Waals surface area contributed by atoms with E-state index in [1.54, 1.807) is 38.2 Å². The van der Waals surface area contributed by atoms with Gasteiger partial charge in [0.15, 0.2) is 0 Å². The minimum absolute atomic E-state index is 0.0739. The maximum atomic E-state index is 12.6. The lowest BCUT2D eigenvalue weighted by Crippen LogP contribution is -2.32. The molecule has 0 aliphatic heterocycles. The number of methoxy groups -OCH3 is 2. The van der Waals surface area contributed by atoms with Gasteiger partial charge in [-0.3, -0.25) is 4.79 Å². The molecule has 2 rings (SSSR count). The molecule has 1 amide bonds. The van der Waals surface area contributed by atoms with Crippen LogP contribution in [0.4, 0.5) is 5.69 Å². The first-order valence-electron chi connectivity index (χ1n) is 7.42. The van der Waals surface area contributed by atoms with Gasteiger partial charge in [-0.2, -0.15) is 0 Å². The summed E-state index contributed by atoms with van der Waals surface area (Å²) in [5.41, 5.74) is 1.47. The Labute approximate surface area is 147 Å².